The lowest BCUT2D eigenvalue weighted by Gasteiger charge is -2.17. The highest BCUT2D eigenvalue weighted by Gasteiger charge is 2.25. The maximum atomic E-state index is 13.2. The largest absolute Gasteiger partial charge is 0.342 e. The molecule has 1 saturated heterocycles. The van der Waals surface area contributed by atoms with E-state index in [1.807, 2.05) is 38.1 Å². The second-order valence-electron chi connectivity index (χ2n) is 7.63. The van der Waals surface area contributed by atoms with E-state index in [0.717, 1.165) is 57.1 Å². The third-order valence-electron chi connectivity index (χ3n) is 5.90. The molecule has 0 unspecified atom stereocenters. The zero-order valence-corrected chi connectivity index (χ0v) is 16.5. The molecular formula is C20H23N5O2S. The average molecular weight is 398 g/mol. The molecule has 1 aromatic carbocycles. The van der Waals surface area contributed by atoms with Crippen molar-refractivity contribution in [3.05, 3.63) is 34.6 Å². The minimum absolute atomic E-state index is 0.00657. The molecule has 0 N–H and O–H groups in total. The number of carbonyl (C=O) groups excluding carboxylic acids is 1. The summed E-state index contributed by atoms with van der Waals surface area (Å²) in [7, 11) is 0. The van der Waals surface area contributed by atoms with Crippen molar-refractivity contribution in [1.29, 1.82) is 0 Å². The highest BCUT2D eigenvalue weighted by atomic mass is 32.2. The summed E-state index contributed by atoms with van der Waals surface area (Å²) in [6.45, 7) is 1.70. The summed E-state index contributed by atoms with van der Waals surface area (Å²) < 4.78 is 3.78. The molecule has 1 amide bonds. The van der Waals surface area contributed by atoms with Gasteiger partial charge in [-0.05, 0) is 37.8 Å². The van der Waals surface area contributed by atoms with E-state index in [0.29, 0.717) is 22.1 Å². The molecule has 1 aliphatic carbocycles. The molecule has 0 bridgehead atoms. The molecule has 1 aliphatic heterocycles. The van der Waals surface area contributed by atoms with Crippen LogP contribution in [0.3, 0.4) is 0 Å². The maximum Gasteiger partial charge on any atom is 0.263 e. The van der Waals surface area contributed by atoms with Gasteiger partial charge in [-0.25, -0.2) is 0 Å². The van der Waals surface area contributed by atoms with E-state index in [1.54, 1.807) is 0 Å². The molecule has 2 aliphatic rings. The minimum Gasteiger partial charge on any atom is -0.342 e. The fraction of sp³-hybridized carbons (Fsp3) is 0.500. The van der Waals surface area contributed by atoms with Gasteiger partial charge in [-0.3, -0.25) is 18.6 Å². The third kappa shape index (κ3) is 2.90. The van der Waals surface area contributed by atoms with Crippen molar-refractivity contribution in [1.82, 2.24) is 24.1 Å². The minimum atomic E-state index is 0.00657. The van der Waals surface area contributed by atoms with Crippen molar-refractivity contribution in [3.63, 3.8) is 0 Å². The van der Waals surface area contributed by atoms with Crippen LogP contribution in [0.2, 0.25) is 0 Å². The van der Waals surface area contributed by atoms with Crippen LogP contribution in [-0.4, -0.2) is 48.8 Å². The Hall–Kier alpha value is -2.35. The number of carbonyl (C=O) groups is 1. The normalized spacial score (nSPS) is 17.9. The Kier molecular flexibility index (Phi) is 4.58. The van der Waals surface area contributed by atoms with Gasteiger partial charge in [0.2, 0.25) is 11.7 Å². The first kappa shape index (κ1) is 17.7. The number of rotatable bonds is 4. The van der Waals surface area contributed by atoms with E-state index in [1.165, 1.54) is 11.8 Å². The van der Waals surface area contributed by atoms with Crippen LogP contribution in [0.1, 0.15) is 44.6 Å². The summed E-state index contributed by atoms with van der Waals surface area (Å²) in [5, 5.41) is 10.1. The molecule has 0 spiro atoms. The van der Waals surface area contributed by atoms with Crippen molar-refractivity contribution in [3.8, 4) is 0 Å². The Morgan fingerprint density at radius 1 is 1.07 bits per heavy atom. The predicted octanol–water partition coefficient (Wildman–Crippen LogP) is 2.87. The number of benzene rings is 1. The summed E-state index contributed by atoms with van der Waals surface area (Å²) >= 11 is 1.41. The number of aromatic nitrogens is 4. The Bertz CT molecular complexity index is 1090. The van der Waals surface area contributed by atoms with Gasteiger partial charge in [0.05, 0.1) is 16.7 Å². The predicted molar refractivity (Wildman–Crippen MR) is 109 cm³/mol. The van der Waals surface area contributed by atoms with Crippen molar-refractivity contribution < 1.29 is 4.79 Å². The molecule has 7 nitrogen and oxygen atoms in total. The molecule has 28 heavy (non-hydrogen) atoms. The number of hydrogen-bond acceptors (Lipinski definition) is 5. The van der Waals surface area contributed by atoms with Crippen molar-refractivity contribution >= 4 is 34.3 Å². The fourth-order valence-corrected chi connectivity index (χ4v) is 5.31. The van der Waals surface area contributed by atoms with E-state index in [4.69, 9.17) is 0 Å². The second-order valence-corrected chi connectivity index (χ2v) is 8.57. The summed E-state index contributed by atoms with van der Waals surface area (Å²) in [6, 6.07) is 7.78. The third-order valence-corrected chi connectivity index (χ3v) is 6.81. The lowest BCUT2D eigenvalue weighted by atomic mass is 10.2. The van der Waals surface area contributed by atoms with E-state index in [9.17, 15) is 9.59 Å². The van der Waals surface area contributed by atoms with Gasteiger partial charge in [0.25, 0.3) is 5.56 Å². The van der Waals surface area contributed by atoms with Crippen LogP contribution in [0.25, 0.3) is 16.7 Å². The van der Waals surface area contributed by atoms with Crippen LogP contribution in [0.4, 0.5) is 0 Å². The lowest BCUT2D eigenvalue weighted by Crippen LogP contribution is -2.29. The van der Waals surface area contributed by atoms with E-state index in [2.05, 4.69) is 10.2 Å². The number of hydrogen-bond donors (Lipinski definition) is 0. The summed E-state index contributed by atoms with van der Waals surface area (Å²) in [5.74, 6) is 1.08. The first-order valence-corrected chi connectivity index (χ1v) is 11.0. The first-order chi connectivity index (χ1) is 13.7. The van der Waals surface area contributed by atoms with Crippen molar-refractivity contribution in [2.75, 3.05) is 18.8 Å². The van der Waals surface area contributed by atoms with Crippen molar-refractivity contribution in [2.45, 2.75) is 49.7 Å². The van der Waals surface area contributed by atoms with Crippen LogP contribution in [0, 0.1) is 0 Å². The van der Waals surface area contributed by atoms with Gasteiger partial charge in [-0.2, -0.15) is 0 Å². The molecule has 2 fully saturated rings. The van der Waals surface area contributed by atoms with E-state index >= 15 is 0 Å². The average Bonchev–Trinajstić information content (AvgIpc) is 3.48. The quantitative estimate of drug-likeness (QED) is 0.633. The second kappa shape index (κ2) is 7.24. The van der Waals surface area contributed by atoms with Gasteiger partial charge in [-0.15, -0.1) is 10.2 Å². The lowest BCUT2D eigenvalue weighted by molar-refractivity contribution is -0.127. The fourth-order valence-electron chi connectivity index (χ4n) is 4.47. The Morgan fingerprint density at radius 2 is 1.82 bits per heavy atom. The van der Waals surface area contributed by atoms with Crippen LogP contribution in [0.5, 0.6) is 0 Å². The molecule has 3 aromatic rings. The maximum absolute atomic E-state index is 13.2. The van der Waals surface area contributed by atoms with Crippen LogP contribution in [0.15, 0.2) is 34.2 Å². The van der Waals surface area contributed by atoms with Gasteiger partial charge in [0.1, 0.15) is 0 Å². The molecule has 2 aromatic heterocycles. The molecule has 1 saturated carbocycles. The zero-order valence-electron chi connectivity index (χ0n) is 15.7. The molecule has 8 heteroatoms. The standard InChI is InChI=1S/C20H23N5O2S/c26-17(23-11-5-6-12-23)13-28-20-22-21-19-24(14-7-1-2-8-14)18(27)15-9-3-4-10-16(15)25(19)20/h3-4,9-10,14H,1-2,5-8,11-13H2. The van der Waals surface area contributed by atoms with Crippen LogP contribution < -0.4 is 5.56 Å². The Balaban J connectivity index is 1.59. The molecule has 146 valence electrons. The van der Waals surface area contributed by atoms with Gasteiger partial charge in [-0.1, -0.05) is 36.7 Å². The van der Waals surface area contributed by atoms with Crippen LogP contribution >= 0.6 is 11.8 Å². The highest BCUT2D eigenvalue weighted by molar-refractivity contribution is 7.99. The number of amides is 1. The summed E-state index contributed by atoms with van der Waals surface area (Å²) in [6.07, 6.45) is 6.44. The number of nitrogens with zero attached hydrogens (tertiary/aromatic N) is 5. The highest BCUT2D eigenvalue weighted by Crippen LogP contribution is 2.31. The smallest absolute Gasteiger partial charge is 0.263 e. The molecule has 0 atom stereocenters. The summed E-state index contributed by atoms with van der Waals surface area (Å²) in [4.78, 5) is 27.6. The molecule has 0 radical (unpaired) electrons. The Morgan fingerprint density at radius 3 is 2.61 bits per heavy atom. The van der Waals surface area contributed by atoms with Gasteiger partial charge in [0, 0.05) is 19.1 Å². The number of thioether (sulfide) groups is 1. The summed E-state index contributed by atoms with van der Waals surface area (Å²) in [5.41, 5.74) is 0.810. The monoisotopic (exact) mass is 397 g/mol. The molecule has 3 heterocycles. The van der Waals surface area contributed by atoms with Gasteiger partial charge >= 0.3 is 0 Å². The molecular weight excluding hydrogens is 374 g/mol. The van der Waals surface area contributed by atoms with E-state index in [-0.39, 0.29) is 17.5 Å². The Labute approximate surface area is 166 Å². The topological polar surface area (TPSA) is 72.5 Å². The first-order valence-electron chi connectivity index (χ1n) is 10.0. The van der Waals surface area contributed by atoms with Gasteiger partial charge in [0.15, 0.2) is 5.16 Å². The molecule has 5 rings (SSSR count). The number of para-hydroxylation sites is 1. The van der Waals surface area contributed by atoms with Crippen LogP contribution in [-0.2, 0) is 4.79 Å². The SMILES string of the molecule is O=C(CSc1nnc2n(C3CCCC3)c(=O)c3ccccc3n12)N1CCCC1. The van der Waals surface area contributed by atoms with Gasteiger partial charge < -0.3 is 4.90 Å². The van der Waals surface area contributed by atoms with Crippen molar-refractivity contribution in [2.24, 2.45) is 0 Å². The zero-order chi connectivity index (χ0) is 19.1. The van der Waals surface area contributed by atoms with E-state index < -0.39 is 0 Å². The number of fused-ring (bicyclic) bond motifs is 3. The number of likely N-dealkylation sites (tertiary alicyclic amines) is 1.